The minimum Gasteiger partial charge on any atom is -0.477 e. The first-order valence-corrected chi connectivity index (χ1v) is 6.30. The molecule has 4 nitrogen and oxygen atoms in total. The molecule has 1 aromatic heterocycles. The van der Waals surface area contributed by atoms with Crippen LogP contribution in [0.25, 0.3) is 6.08 Å². The fourth-order valence-corrected chi connectivity index (χ4v) is 2.16. The smallest absolute Gasteiger partial charge is 0.352 e. The number of allylic oxidation sites excluding steroid dienone is 1. The molecule has 0 saturated carbocycles. The summed E-state index contributed by atoms with van der Waals surface area (Å²) >= 11 is 0. The lowest BCUT2D eigenvalue weighted by Gasteiger charge is -1.97. The van der Waals surface area contributed by atoms with Gasteiger partial charge in [0, 0.05) is 11.3 Å². The number of carbonyl (C=O) groups excluding carboxylic acids is 1. The molecule has 108 valence electrons. The zero-order chi connectivity index (χ0) is 15.6. The van der Waals surface area contributed by atoms with Crippen molar-refractivity contribution in [3.63, 3.8) is 0 Å². The van der Waals surface area contributed by atoms with Crippen molar-refractivity contribution in [2.75, 3.05) is 0 Å². The second kappa shape index (κ2) is 5.75. The van der Waals surface area contributed by atoms with E-state index in [2.05, 4.69) is 4.98 Å². The van der Waals surface area contributed by atoms with Gasteiger partial charge in [0.25, 0.3) is 0 Å². The topological polar surface area (TPSA) is 70.2 Å². The summed E-state index contributed by atoms with van der Waals surface area (Å²) in [5, 5.41) is 9.02. The molecular formula is C16H14FNO3. The number of aromatic nitrogens is 1. The lowest BCUT2D eigenvalue weighted by atomic mass is 10.0. The van der Waals surface area contributed by atoms with Crippen LogP contribution in [0.15, 0.2) is 30.3 Å². The number of hydrogen-bond acceptors (Lipinski definition) is 2. The molecular weight excluding hydrogens is 273 g/mol. The van der Waals surface area contributed by atoms with Crippen LogP contribution in [0.1, 0.15) is 37.7 Å². The number of rotatable bonds is 4. The molecule has 0 amide bonds. The fourth-order valence-electron chi connectivity index (χ4n) is 2.16. The quantitative estimate of drug-likeness (QED) is 0.669. The molecule has 0 aliphatic heterocycles. The number of ketones is 1. The highest BCUT2D eigenvalue weighted by molar-refractivity contribution is 6.10. The minimum absolute atomic E-state index is 0.0195. The van der Waals surface area contributed by atoms with Gasteiger partial charge in [-0.15, -0.1) is 0 Å². The van der Waals surface area contributed by atoms with Crippen LogP contribution in [0.4, 0.5) is 4.39 Å². The maximum atomic E-state index is 12.8. The van der Waals surface area contributed by atoms with Gasteiger partial charge >= 0.3 is 5.97 Å². The highest BCUT2D eigenvalue weighted by atomic mass is 19.1. The highest BCUT2D eigenvalue weighted by Gasteiger charge is 2.19. The van der Waals surface area contributed by atoms with Crippen LogP contribution >= 0.6 is 0 Å². The molecule has 0 aliphatic carbocycles. The van der Waals surface area contributed by atoms with Gasteiger partial charge in [0.2, 0.25) is 0 Å². The van der Waals surface area contributed by atoms with Crippen LogP contribution in [-0.4, -0.2) is 21.8 Å². The minimum atomic E-state index is -1.10. The Morgan fingerprint density at radius 3 is 2.33 bits per heavy atom. The standard InChI is InChI=1S/C16H14FNO3/c1-9-14(10(2)18-15(9)16(20)21)13(19)8-5-11-3-6-12(17)7-4-11/h3-8,18H,1-2H3,(H,20,21)/b8-5+. The second-order valence-electron chi connectivity index (χ2n) is 4.68. The van der Waals surface area contributed by atoms with Crippen LogP contribution in [-0.2, 0) is 0 Å². The Morgan fingerprint density at radius 1 is 1.19 bits per heavy atom. The Kier molecular flexibility index (Phi) is 4.03. The average molecular weight is 287 g/mol. The predicted molar refractivity (Wildman–Crippen MR) is 77.0 cm³/mol. The molecule has 2 rings (SSSR count). The van der Waals surface area contributed by atoms with Gasteiger partial charge < -0.3 is 10.1 Å². The number of hydrogen-bond donors (Lipinski definition) is 2. The summed E-state index contributed by atoms with van der Waals surface area (Å²) in [7, 11) is 0. The van der Waals surface area contributed by atoms with Crippen LogP contribution in [0.5, 0.6) is 0 Å². The van der Waals surface area contributed by atoms with Crippen molar-refractivity contribution in [1.82, 2.24) is 4.98 Å². The Morgan fingerprint density at radius 2 is 1.81 bits per heavy atom. The van der Waals surface area contributed by atoms with Crippen molar-refractivity contribution in [3.05, 3.63) is 64.2 Å². The highest BCUT2D eigenvalue weighted by Crippen LogP contribution is 2.19. The number of benzene rings is 1. The number of carbonyl (C=O) groups is 2. The Balaban J connectivity index is 2.29. The van der Waals surface area contributed by atoms with Gasteiger partial charge in [-0.2, -0.15) is 0 Å². The monoisotopic (exact) mass is 287 g/mol. The van der Waals surface area contributed by atoms with Gasteiger partial charge in [-0.05, 0) is 43.2 Å². The summed E-state index contributed by atoms with van der Waals surface area (Å²) in [5.74, 6) is -1.74. The van der Waals surface area contributed by atoms with Crippen LogP contribution in [0.2, 0.25) is 0 Å². The maximum Gasteiger partial charge on any atom is 0.352 e. The SMILES string of the molecule is Cc1[nH]c(C(=O)O)c(C)c1C(=O)/C=C/c1ccc(F)cc1. The molecule has 21 heavy (non-hydrogen) atoms. The average Bonchev–Trinajstić information content (AvgIpc) is 2.73. The molecule has 0 unspecified atom stereocenters. The van der Waals surface area contributed by atoms with Crippen LogP contribution in [0, 0.1) is 19.7 Å². The Labute approximate surface area is 120 Å². The Hall–Kier alpha value is -2.69. The van der Waals surface area contributed by atoms with Gasteiger partial charge in [0.05, 0.1) is 0 Å². The molecule has 0 radical (unpaired) electrons. The summed E-state index contributed by atoms with van der Waals surface area (Å²) < 4.78 is 12.8. The third-order valence-electron chi connectivity index (χ3n) is 3.19. The van der Waals surface area contributed by atoms with Gasteiger partial charge in [0.15, 0.2) is 5.78 Å². The van der Waals surface area contributed by atoms with E-state index in [0.29, 0.717) is 22.4 Å². The number of aryl methyl sites for hydroxylation is 1. The predicted octanol–water partition coefficient (Wildman–Crippen LogP) is 3.36. The second-order valence-corrected chi connectivity index (χ2v) is 4.68. The van der Waals surface area contributed by atoms with E-state index in [4.69, 9.17) is 5.11 Å². The third kappa shape index (κ3) is 3.08. The first-order valence-electron chi connectivity index (χ1n) is 6.30. The molecule has 0 spiro atoms. The molecule has 0 bridgehead atoms. The maximum absolute atomic E-state index is 12.8. The molecule has 0 saturated heterocycles. The van der Waals surface area contributed by atoms with E-state index in [0.717, 1.165) is 0 Å². The summed E-state index contributed by atoms with van der Waals surface area (Å²) in [6.45, 7) is 3.24. The Bertz CT molecular complexity index is 727. The first kappa shape index (κ1) is 14.7. The molecule has 0 fully saturated rings. The first-order chi connectivity index (χ1) is 9.90. The van der Waals surface area contributed by atoms with E-state index >= 15 is 0 Å². The number of aromatic amines is 1. The van der Waals surface area contributed by atoms with Crippen molar-refractivity contribution in [2.24, 2.45) is 0 Å². The van der Waals surface area contributed by atoms with Crippen molar-refractivity contribution in [2.45, 2.75) is 13.8 Å². The largest absolute Gasteiger partial charge is 0.477 e. The summed E-state index contributed by atoms with van der Waals surface area (Å²) in [6.07, 6.45) is 2.91. The number of halogens is 1. The summed E-state index contributed by atoms with van der Waals surface area (Å²) in [4.78, 5) is 25.9. The van der Waals surface area contributed by atoms with Gasteiger partial charge in [-0.25, -0.2) is 9.18 Å². The molecule has 1 aromatic carbocycles. The molecule has 2 aromatic rings. The summed E-state index contributed by atoms with van der Waals surface area (Å²) in [6, 6.07) is 5.72. The number of carboxylic acids is 1. The fraction of sp³-hybridized carbons (Fsp3) is 0.125. The zero-order valence-electron chi connectivity index (χ0n) is 11.6. The van der Waals surface area contributed by atoms with Crippen molar-refractivity contribution in [3.8, 4) is 0 Å². The number of H-pyrrole nitrogens is 1. The van der Waals surface area contributed by atoms with E-state index in [1.54, 1.807) is 32.1 Å². The normalized spacial score (nSPS) is 11.0. The molecule has 1 heterocycles. The molecule has 0 atom stereocenters. The molecule has 2 N–H and O–H groups in total. The summed E-state index contributed by atoms with van der Waals surface area (Å²) in [5.41, 5.74) is 1.98. The lowest BCUT2D eigenvalue weighted by molar-refractivity contribution is 0.0690. The van der Waals surface area contributed by atoms with Gasteiger partial charge in [0.1, 0.15) is 11.5 Å². The van der Waals surface area contributed by atoms with Crippen molar-refractivity contribution in [1.29, 1.82) is 0 Å². The lowest BCUT2D eigenvalue weighted by Crippen LogP contribution is -2.01. The van der Waals surface area contributed by atoms with E-state index < -0.39 is 5.97 Å². The molecule has 0 aliphatic rings. The third-order valence-corrected chi connectivity index (χ3v) is 3.19. The van der Waals surface area contributed by atoms with Crippen LogP contribution in [0.3, 0.4) is 0 Å². The number of carboxylic acid groups (broad SMARTS) is 1. The van der Waals surface area contributed by atoms with Crippen LogP contribution < -0.4 is 0 Å². The molecule has 5 heteroatoms. The van der Waals surface area contributed by atoms with Crippen molar-refractivity contribution >= 4 is 17.8 Å². The number of nitrogens with one attached hydrogen (secondary N) is 1. The van der Waals surface area contributed by atoms with E-state index in [9.17, 15) is 14.0 Å². The van der Waals surface area contributed by atoms with E-state index in [1.807, 2.05) is 0 Å². The van der Waals surface area contributed by atoms with Gasteiger partial charge in [-0.1, -0.05) is 18.2 Å². The number of aromatic carboxylic acids is 1. The zero-order valence-corrected chi connectivity index (χ0v) is 11.6. The van der Waals surface area contributed by atoms with E-state index in [-0.39, 0.29) is 17.3 Å². The van der Waals surface area contributed by atoms with E-state index in [1.165, 1.54) is 18.2 Å². The van der Waals surface area contributed by atoms with Crippen molar-refractivity contribution < 1.29 is 19.1 Å². The van der Waals surface area contributed by atoms with Gasteiger partial charge in [-0.3, -0.25) is 4.79 Å².